The van der Waals surface area contributed by atoms with Crippen molar-refractivity contribution in [3.8, 4) is 11.5 Å². The Balaban J connectivity index is 1.46. The molecule has 0 radical (unpaired) electrons. The van der Waals surface area contributed by atoms with Gasteiger partial charge >= 0.3 is 0 Å². The Labute approximate surface area is 157 Å². The van der Waals surface area contributed by atoms with Gasteiger partial charge in [0, 0.05) is 31.5 Å². The van der Waals surface area contributed by atoms with Crippen LogP contribution in [0.2, 0.25) is 0 Å². The summed E-state index contributed by atoms with van der Waals surface area (Å²) >= 11 is 0. The normalized spacial score (nSPS) is 19.2. The first kappa shape index (κ1) is 17.7. The lowest BCUT2D eigenvalue weighted by atomic mass is 10.1. The van der Waals surface area contributed by atoms with Crippen LogP contribution in [0, 0.1) is 0 Å². The van der Waals surface area contributed by atoms with Crippen LogP contribution >= 0.6 is 0 Å². The number of fused-ring (bicyclic) bond motifs is 1. The molecule has 9 heteroatoms. The van der Waals surface area contributed by atoms with Crippen LogP contribution in [0.4, 0.5) is 0 Å². The van der Waals surface area contributed by atoms with Gasteiger partial charge in [-0.2, -0.15) is 4.31 Å². The number of benzene rings is 1. The minimum atomic E-state index is -3.79. The molecule has 0 bridgehead atoms. The molecule has 0 aliphatic carbocycles. The third kappa shape index (κ3) is 3.47. The fourth-order valence-corrected chi connectivity index (χ4v) is 4.69. The molecule has 0 unspecified atom stereocenters. The third-order valence-corrected chi connectivity index (χ3v) is 6.51. The summed E-state index contributed by atoms with van der Waals surface area (Å²) in [5.41, 5.74) is 0.902. The summed E-state index contributed by atoms with van der Waals surface area (Å²) in [7, 11) is -3.79. The lowest BCUT2D eigenvalue weighted by Crippen LogP contribution is -2.57. The zero-order chi connectivity index (χ0) is 18.9. The standard InChI is InChI=1S/C18H19N3O5S/c22-18(20-12-13-3-6-19-7-4-13)15-5-8-21(15)27(23,24)14-1-2-16-17(11-14)26-10-9-25-16/h1-4,6-7,11,15H,5,8-10,12H2,(H,20,22)/t15-/m0/s1. The number of hydrogen-bond donors (Lipinski definition) is 1. The number of rotatable bonds is 5. The fraction of sp³-hybridized carbons (Fsp3) is 0.333. The molecule has 0 spiro atoms. The predicted octanol–water partition coefficient (Wildman–Crippen LogP) is 0.932. The summed E-state index contributed by atoms with van der Waals surface area (Å²) in [5.74, 6) is 0.621. The molecule has 1 aromatic carbocycles. The Kier molecular flexibility index (Phi) is 4.71. The summed E-state index contributed by atoms with van der Waals surface area (Å²) in [5, 5.41) is 2.79. The fourth-order valence-electron chi connectivity index (χ4n) is 3.04. The van der Waals surface area contributed by atoms with E-state index < -0.39 is 16.1 Å². The molecule has 8 nitrogen and oxygen atoms in total. The first-order valence-electron chi connectivity index (χ1n) is 8.64. The van der Waals surface area contributed by atoms with Crippen molar-refractivity contribution in [2.45, 2.75) is 23.9 Å². The van der Waals surface area contributed by atoms with Crippen molar-refractivity contribution >= 4 is 15.9 Å². The number of sulfonamides is 1. The number of hydrogen-bond acceptors (Lipinski definition) is 6. The quantitative estimate of drug-likeness (QED) is 0.817. The smallest absolute Gasteiger partial charge is 0.243 e. The van der Waals surface area contributed by atoms with E-state index in [-0.39, 0.29) is 10.8 Å². The van der Waals surface area contributed by atoms with Gasteiger partial charge < -0.3 is 14.8 Å². The Bertz CT molecular complexity index is 949. The largest absolute Gasteiger partial charge is 0.486 e. The van der Waals surface area contributed by atoms with E-state index in [1.807, 2.05) is 0 Å². The van der Waals surface area contributed by atoms with Crippen LogP contribution in [0.25, 0.3) is 0 Å². The minimum Gasteiger partial charge on any atom is -0.486 e. The highest BCUT2D eigenvalue weighted by Gasteiger charge is 2.43. The van der Waals surface area contributed by atoms with Crippen LogP contribution in [0.3, 0.4) is 0 Å². The van der Waals surface area contributed by atoms with Gasteiger partial charge in [-0.25, -0.2) is 8.42 Å². The SMILES string of the molecule is O=C(NCc1ccncc1)[C@@H]1CCN1S(=O)(=O)c1ccc2c(c1)OCCO2. The number of pyridine rings is 1. The maximum Gasteiger partial charge on any atom is 0.243 e. The molecule has 1 aromatic heterocycles. The molecule has 2 aliphatic heterocycles. The molecule has 3 heterocycles. The highest BCUT2D eigenvalue weighted by Crippen LogP contribution is 2.35. The zero-order valence-corrected chi connectivity index (χ0v) is 15.3. The Hall–Kier alpha value is -2.65. The van der Waals surface area contributed by atoms with Crippen molar-refractivity contribution in [3.05, 3.63) is 48.3 Å². The van der Waals surface area contributed by atoms with E-state index in [4.69, 9.17) is 9.47 Å². The van der Waals surface area contributed by atoms with Gasteiger partial charge in [0.1, 0.15) is 19.3 Å². The van der Waals surface area contributed by atoms with Crippen molar-refractivity contribution in [3.63, 3.8) is 0 Å². The van der Waals surface area contributed by atoms with Gasteiger partial charge in [0.15, 0.2) is 11.5 Å². The van der Waals surface area contributed by atoms with E-state index in [1.54, 1.807) is 30.6 Å². The number of carbonyl (C=O) groups is 1. The molecular formula is C18H19N3O5S. The average Bonchev–Trinajstić information content (AvgIpc) is 2.65. The highest BCUT2D eigenvalue weighted by atomic mass is 32.2. The lowest BCUT2D eigenvalue weighted by molar-refractivity contribution is -0.127. The molecule has 2 aromatic rings. The zero-order valence-electron chi connectivity index (χ0n) is 14.5. The Morgan fingerprint density at radius 2 is 1.89 bits per heavy atom. The maximum atomic E-state index is 12.9. The van der Waals surface area contributed by atoms with Gasteiger partial charge in [-0.15, -0.1) is 0 Å². The van der Waals surface area contributed by atoms with Crippen LogP contribution in [0.5, 0.6) is 11.5 Å². The predicted molar refractivity (Wildman–Crippen MR) is 95.8 cm³/mol. The summed E-state index contributed by atoms with van der Waals surface area (Å²) in [6.45, 7) is 1.45. The van der Waals surface area contributed by atoms with E-state index in [2.05, 4.69) is 10.3 Å². The van der Waals surface area contributed by atoms with Gasteiger partial charge in [0.2, 0.25) is 15.9 Å². The molecule has 142 valence electrons. The summed E-state index contributed by atoms with van der Waals surface area (Å²) < 4.78 is 38.0. The number of aromatic nitrogens is 1. The minimum absolute atomic E-state index is 0.0957. The van der Waals surface area contributed by atoms with E-state index >= 15 is 0 Å². The van der Waals surface area contributed by atoms with E-state index in [0.717, 1.165) is 5.56 Å². The molecule has 1 saturated heterocycles. The molecule has 2 aliphatic rings. The molecule has 1 N–H and O–H groups in total. The molecule has 1 atom stereocenters. The number of carbonyl (C=O) groups excluding carboxylic acids is 1. The highest BCUT2D eigenvalue weighted by molar-refractivity contribution is 7.89. The molecule has 4 rings (SSSR count). The van der Waals surface area contributed by atoms with E-state index in [1.165, 1.54) is 16.4 Å². The Morgan fingerprint density at radius 1 is 1.15 bits per heavy atom. The van der Waals surface area contributed by atoms with Crippen LogP contribution in [-0.4, -0.2) is 49.4 Å². The number of amides is 1. The van der Waals surface area contributed by atoms with E-state index in [0.29, 0.717) is 44.2 Å². The van der Waals surface area contributed by atoms with Gasteiger partial charge in [-0.3, -0.25) is 9.78 Å². The topological polar surface area (TPSA) is 97.8 Å². The number of nitrogens with one attached hydrogen (secondary N) is 1. The molecule has 27 heavy (non-hydrogen) atoms. The summed E-state index contributed by atoms with van der Waals surface area (Å²) in [6, 6.07) is 7.40. The van der Waals surface area contributed by atoms with Gasteiger partial charge in [0.05, 0.1) is 4.90 Å². The van der Waals surface area contributed by atoms with Crippen molar-refractivity contribution in [1.82, 2.24) is 14.6 Å². The number of ether oxygens (including phenoxy) is 2. The first-order valence-corrected chi connectivity index (χ1v) is 10.1. The molecule has 0 saturated carbocycles. The second-order valence-corrected chi connectivity index (χ2v) is 8.19. The second-order valence-electron chi connectivity index (χ2n) is 6.30. The first-order chi connectivity index (χ1) is 13.1. The molecule has 1 amide bonds. The maximum absolute atomic E-state index is 12.9. The average molecular weight is 389 g/mol. The van der Waals surface area contributed by atoms with E-state index in [9.17, 15) is 13.2 Å². The monoisotopic (exact) mass is 389 g/mol. The third-order valence-electron chi connectivity index (χ3n) is 4.61. The van der Waals surface area contributed by atoms with Gasteiger partial charge in [-0.1, -0.05) is 0 Å². The Morgan fingerprint density at radius 3 is 2.59 bits per heavy atom. The molecular weight excluding hydrogens is 370 g/mol. The second kappa shape index (κ2) is 7.16. The van der Waals surface area contributed by atoms with Crippen molar-refractivity contribution in [2.24, 2.45) is 0 Å². The van der Waals surface area contributed by atoms with Crippen LogP contribution < -0.4 is 14.8 Å². The molecule has 1 fully saturated rings. The van der Waals surface area contributed by atoms with Crippen LogP contribution in [0.1, 0.15) is 12.0 Å². The summed E-state index contributed by atoms with van der Waals surface area (Å²) in [6.07, 6.45) is 3.78. The lowest BCUT2D eigenvalue weighted by Gasteiger charge is -2.38. The van der Waals surface area contributed by atoms with Crippen molar-refractivity contribution in [2.75, 3.05) is 19.8 Å². The van der Waals surface area contributed by atoms with Crippen molar-refractivity contribution in [1.29, 1.82) is 0 Å². The summed E-state index contributed by atoms with van der Waals surface area (Å²) in [4.78, 5) is 16.5. The van der Waals surface area contributed by atoms with Gasteiger partial charge in [0.25, 0.3) is 0 Å². The number of nitrogens with zero attached hydrogens (tertiary/aromatic N) is 2. The van der Waals surface area contributed by atoms with Crippen molar-refractivity contribution < 1.29 is 22.7 Å². The van der Waals surface area contributed by atoms with Crippen LogP contribution in [0.15, 0.2) is 47.6 Å². The van der Waals surface area contributed by atoms with Crippen LogP contribution in [-0.2, 0) is 21.4 Å². The van der Waals surface area contributed by atoms with Gasteiger partial charge in [-0.05, 0) is 36.2 Å².